The minimum atomic E-state index is -0.0873. The third kappa shape index (κ3) is 2.41. The summed E-state index contributed by atoms with van der Waals surface area (Å²) in [4.78, 5) is 12.0. The average Bonchev–Trinajstić information content (AvgIpc) is 2.64. The van der Waals surface area contributed by atoms with E-state index in [0.29, 0.717) is 11.7 Å². The van der Waals surface area contributed by atoms with Crippen molar-refractivity contribution in [2.24, 2.45) is 13.0 Å². The van der Waals surface area contributed by atoms with Crippen molar-refractivity contribution in [3.05, 3.63) is 12.3 Å². The molecule has 1 aliphatic rings. The Morgan fingerprint density at radius 1 is 1.69 bits per heavy atom. The number of nitrogens with zero attached hydrogens (tertiary/aromatic N) is 2. The molecule has 2 atom stereocenters. The topological polar surface area (TPSA) is 59.0 Å². The molecule has 0 spiro atoms. The van der Waals surface area contributed by atoms with Crippen molar-refractivity contribution in [1.82, 2.24) is 15.1 Å². The second kappa shape index (κ2) is 4.65. The second-order valence-corrected chi connectivity index (χ2v) is 4.42. The number of anilines is 1. The smallest absolute Gasteiger partial charge is 0.242 e. The number of piperidine rings is 1. The van der Waals surface area contributed by atoms with Gasteiger partial charge in [0.25, 0.3) is 0 Å². The first kappa shape index (κ1) is 11.1. The molecule has 0 saturated carbocycles. The molecule has 2 N–H and O–H groups in total. The minimum Gasteiger partial charge on any atom is -0.308 e. The summed E-state index contributed by atoms with van der Waals surface area (Å²) in [5.74, 6) is 1.02. The highest BCUT2D eigenvalue weighted by molar-refractivity contribution is 5.94. The molecule has 0 aromatic carbocycles. The molecule has 5 nitrogen and oxygen atoms in total. The van der Waals surface area contributed by atoms with Crippen molar-refractivity contribution in [2.45, 2.75) is 25.8 Å². The summed E-state index contributed by atoms with van der Waals surface area (Å²) in [5, 5.41) is 10.2. The number of nitrogens with one attached hydrogen (secondary N) is 2. The van der Waals surface area contributed by atoms with Crippen LogP contribution in [-0.4, -0.2) is 28.3 Å². The molecule has 2 rings (SSSR count). The average molecular weight is 222 g/mol. The maximum Gasteiger partial charge on any atom is 0.242 e. The van der Waals surface area contributed by atoms with Gasteiger partial charge in [-0.15, -0.1) is 0 Å². The van der Waals surface area contributed by atoms with Gasteiger partial charge in [-0.25, -0.2) is 0 Å². The molecule has 2 unspecified atom stereocenters. The Balaban J connectivity index is 1.96. The lowest BCUT2D eigenvalue weighted by Gasteiger charge is -2.28. The number of aromatic nitrogens is 2. The normalized spacial score (nSPS) is 25.4. The highest BCUT2D eigenvalue weighted by atomic mass is 16.2. The monoisotopic (exact) mass is 222 g/mol. The molecular weight excluding hydrogens is 204 g/mol. The van der Waals surface area contributed by atoms with Crippen LogP contribution in [0.25, 0.3) is 0 Å². The lowest BCUT2D eigenvalue weighted by atomic mass is 9.92. The van der Waals surface area contributed by atoms with Crippen LogP contribution in [0.5, 0.6) is 0 Å². The first-order valence-corrected chi connectivity index (χ1v) is 5.70. The predicted octanol–water partition coefficient (Wildman–Crippen LogP) is 0.747. The van der Waals surface area contributed by atoms with Gasteiger partial charge in [0.05, 0.1) is 6.04 Å². The molecule has 16 heavy (non-hydrogen) atoms. The number of aryl methyl sites for hydroxylation is 1. The van der Waals surface area contributed by atoms with Gasteiger partial charge in [-0.2, -0.15) is 5.10 Å². The van der Waals surface area contributed by atoms with Gasteiger partial charge < -0.3 is 10.6 Å². The van der Waals surface area contributed by atoms with E-state index in [4.69, 9.17) is 0 Å². The zero-order valence-corrected chi connectivity index (χ0v) is 9.73. The Hall–Kier alpha value is -1.36. The van der Waals surface area contributed by atoms with Gasteiger partial charge in [0, 0.05) is 19.3 Å². The van der Waals surface area contributed by atoms with E-state index < -0.39 is 0 Å². The van der Waals surface area contributed by atoms with Crippen LogP contribution >= 0.6 is 0 Å². The number of amides is 1. The Labute approximate surface area is 95.2 Å². The molecule has 0 bridgehead atoms. The molecule has 1 saturated heterocycles. The Morgan fingerprint density at radius 3 is 3.12 bits per heavy atom. The summed E-state index contributed by atoms with van der Waals surface area (Å²) in [6, 6.07) is 1.71. The third-order valence-corrected chi connectivity index (χ3v) is 3.02. The quantitative estimate of drug-likeness (QED) is 0.776. The van der Waals surface area contributed by atoms with Crippen molar-refractivity contribution in [1.29, 1.82) is 0 Å². The fourth-order valence-electron chi connectivity index (χ4n) is 2.09. The van der Waals surface area contributed by atoms with Crippen LogP contribution in [-0.2, 0) is 11.8 Å². The van der Waals surface area contributed by atoms with Crippen LogP contribution in [0.4, 0.5) is 5.82 Å². The molecule has 5 heteroatoms. The molecule has 1 aromatic heterocycles. The van der Waals surface area contributed by atoms with E-state index in [1.807, 2.05) is 13.2 Å². The highest BCUT2D eigenvalue weighted by Gasteiger charge is 2.27. The van der Waals surface area contributed by atoms with E-state index in [2.05, 4.69) is 22.7 Å². The predicted molar refractivity (Wildman–Crippen MR) is 62.0 cm³/mol. The number of hydrogen-bond acceptors (Lipinski definition) is 3. The molecule has 1 aliphatic heterocycles. The highest BCUT2D eigenvalue weighted by Crippen LogP contribution is 2.16. The summed E-state index contributed by atoms with van der Waals surface area (Å²) in [7, 11) is 1.83. The number of carbonyl (C=O) groups is 1. The van der Waals surface area contributed by atoms with Crippen LogP contribution in [0.15, 0.2) is 12.3 Å². The van der Waals surface area contributed by atoms with Gasteiger partial charge >= 0.3 is 0 Å². The first-order valence-electron chi connectivity index (χ1n) is 5.70. The van der Waals surface area contributed by atoms with Crippen molar-refractivity contribution in [3.63, 3.8) is 0 Å². The third-order valence-electron chi connectivity index (χ3n) is 3.02. The minimum absolute atomic E-state index is 0.0194. The van der Waals surface area contributed by atoms with Crippen LogP contribution in [0.2, 0.25) is 0 Å². The molecule has 0 aliphatic carbocycles. The Kier molecular flexibility index (Phi) is 3.24. The largest absolute Gasteiger partial charge is 0.308 e. The van der Waals surface area contributed by atoms with Crippen LogP contribution in [0, 0.1) is 5.92 Å². The Bertz CT molecular complexity index is 374. The van der Waals surface area contributed by atoms with Crippen molar-refractivity contribution in [2.75, 3.05) is 11.9 Å². The lowest BCUT2D eigenvalue weighted by Crippen LogP contribution is -2.48. The summed E-state index contributed by atoms with van der Waals surface area (Å²) < 4.78 is 1.67. The van der Waals surface area contributed by atoms with E-state index in [0.717, 1.165) is 19.4 Å². The summed E-state index contributed by atoms with van der Waals surface area (Å²) in [6.45, 7) is 3.03. The van der Waals surface area contributed by atoms with Crippen LogP contribution in [0.1, 0.15) is 19.8 Å². The summed E-state index contributed by atoms with van der Waals surface area (Å²) >= 11 is 0. The fourth-order valence-corrected chi connectivity index (χ4v) is 2.09. The standard InChI is InChI=1S/C11H18N4O/c1-8-4-3-6-12-10(8)11(16)13-9-5-7-15(2)14-9/h5,7-8,10,12H,3-4,6H2,1-2H3,(H,13,14,16). The van der Waals surface area contributed by atoms with Crippen molar-refractivity contribution in [3.8, 4) is 0 Å². The molecular formula is C11H18N4O. The number of hydrogen-bond donors (Lipinski definition) is 2. The van der Waals surface area contributed by atoms with Gasteiger partial charge in [-0.3, -0.25) is 9.48 Å². The number of carbonyl (C=O) groups excluding carboxylic acids is 1. The van der Waals surface area contributed by atoms with Gasteiger partial charge in [-0.05, 0) is 25.3 Å². The maximum atomic E-state index is 12.0. The fraction of sp³-hybridized carbons (Fsp3) is 0.636. The van der Waals surface area contributed by atoms with Crippen molar-refractivity contribution < 1.29 is 4.79 Å². The van der Waals surface area contributed by atoms with Gasteiger partial charge in [-0.1, -0.05) is 6.92 Å². The molecule has 0 radical (unpaired) electrons. The first-order chi connectivity index (χ1) is 7.66. The second-order valence-electron chi connectivity index (χ2n) is 4.42. The molecule has 1 amide bonds. The molecule has 88 valence electrons. The van der Waals surface area contributed by atoms with Gasteiger partial charge in [0.2, 0.25) is 5.91 Å². The van der Waals surface area contributed by atoms with E-state index in [-0.39, 0.29) is 11.9 Å². The van der Waals surface area contributed by atoms with Crippen molar-refractivity contribution >= 4 is 11.7 Å². The summed E-state index contributed by atoms with van der Waals surface area (Å²) in [5.41, 5.74) is 0. The SMILES string of the molecule is CC1CCCNC1C(=O)Nc1ccn(C)n1. The summed E-state index contributed by atoms with van der Waals surface area (Å²) in [6.07, 6.45) is 4.06. The van der Waals surface area contributed by atoms with Gasteiger partial charge in [0.1, 0.15) is 0 Å². The number of rotatable bonds is 2. The maximum absolute atomic E-state index is 12.0. The zero-order chi connectivity index (χ0) is 11.5. The zero-order valence-electron chi connectivity index (χ0n) is 9.73. The lowest BCUT2D eigenvalue weighted by molar-refractivity contribution is -0.119. The van der Waals surface area contributed by atoms with Crippen LogP contribution in [0.3, 0.4) is 0 Å². The van der Waals surface area contributed by atoms with Gasteiger partial charge in [0.15, 0.2) is 5.82 Å². The molecule has 1 fully saturated rings. The van der Waals surface area contributed by atoms with E-state index in [9.17, 15) is 4.79 Å². The van der Waals surface area contributed by atoms with E-state index in [1.165, 1.54) is 0 Å². The van der Waals surface area contributed by atoms with E-state index >= 15 is 0 Å². The van der Waals surface area contributed by atoms with Crippen LogP contribution < -0.4 is 10.6 Å². The molecule has 2 heterocycles. The Morgan fingerprint density at radius 2 is 2.50 bits per heavy atom. The molecule has 1 aromatic rings. The van der Waals surface area contributed by atoms with E-state index in [1.54, 1.807) is 10.7 Å².